The van der Waals surface area contributed by atoms with E-state index in [1.807, 2.05) is 0 Å². The number of carboxylic acids is 2. The number of rotatable bonds is 4. The molecule has 0 aromatic carbocycles. The monoisotopic (exact) mass is 246 g/mol. The van der Waals surface area contributed by atoms with Gasteiger partial charge in [0.2, 0.25) is 0 Å². The van der Waals surface area contributed by atoms with E-state index in [4.69, 9.17) is 15.9 Å². The number of hydrogen-bond acceptors (Lipinski definition) is 4. The van der Waals surface area contributed by atoms with E-state index in [1.165, 1.54) is 6.42 Å². The maximum Gasteiger partial charge on any atom is 0.317 e. The van der Waals surface area contributed by atoms with Gasteiger partial charge in [0, 0.05) is 0 Å². The van der Waals surface area contributed by atoms with Crippen LogP contribution in [0, 0.1) is 5.41 Å². The molecule has 0 bridgehead atoms. The smallest absolute Gasteiger partial charge is 0.317 e. The van der Waals surface area contributed by atoms with Gasteiger partial charge in [0.15, 0.2) is 0 Å². The van der Waals surface area contributed by atoms with Crippen LogP contribution >= 0.6 is 0 Å². The lowest BCUT2D eigenvalue weighted by Crippen LogP contribution is -2.34. The third-order valence-corrected chi connectivity index (χ3v) is 3.05. The zero-order chi connectivity index (χ0) is 13.3. The second-order valence-corrected chi connectivity index (χ2v) is 4.43. The molecule has 0 saturated heterocycles. The molecule has 1 fully saturated rings. The molecule has 0 aliphatic heterocycles. The van der Waals surface area contributed by atoms with Crippen LogP contribution in [0.15, 0.2) is 0 Å². The Morgan fingerprint density at radius 1 is 1.00 bits per heavy atom. The molecule has 1 rings (SSSR count). The Bertz CT molecular complexity index is 250. The SMILES string of the molecule is NCC(=O)O.NCC1(CC(=O)O)CCCCC1. The van der Waals surface area contributed by atoms with Crippen LogP contribution in [0.2, 0.25) is 0 Å². The summed E-state index contributed by atoms with van der Waals surface area (Å²) in [5, 5.41) is 16.3. The minimum Gasteiger partial charge on any atom is -0.481 e. The summed E-state index contributed by atoms with van der Waals surface area (Å²) in [6.07, 6.45) is 5.77. The molecule has 1 saturated carbocycles. The first-order valence-electron chi connectivity index (χ1n) is 5.79. The minimum atomic E-state index is -0.968. The molecule has 0 aromatic rings. The molecule has 1 aliphatic carbocycles. The van der Waals surface area contributed by atoms with E-state index < -0.39 is 11.9 Å². The van der Waals surface area contributed by atoms with Crippen LogP contribution in [0.1, 0.15) is 38.5 Å². The number of carboxylic acid groups (broad SMARTS) is 2. The molecular formula is C11H22N2O4. The fraction of sp³-hybridized carbons (Fsp3) is 0.818. The van der Waals surface area contributed by atoms with E-state index >= 15 is 0 Å². The first kappa shape index (κ1) is 15.9. The number of hydrogen-bond donors (Lipinski definition) is 4. The lowest BCUT2D eigenvalue weighted by Gasteiger charge is -2.34. The third kappa shape index (κ3) is 6.91. The van der Waals surface area contributed by atoms with Gasteiger partial charge in [0.25, 0.3) is 0 Å². The summed E-state index contributed by atoms with van der Waals surface area (Å²) in [7, 11) is 0. The van der Waals surface area contributed by atoms with E-state index in [0.29, 0.717) is 6.54 Å². The Morgan fingerprint density at radius 2 is 1.47 bits per heavy atom. The molecule has 0 atom stereocenters. The van der Waals surface area contributed by atoms with E-state index in [0.717, 1.165) is 25.7 Å². The topological polar surface area (TPSA) is 127 Å². The van der Waals surface area contributed by atoms with Crippen LogP contribution in [0.4, 0.5) is 0 Å². The van der Waals surface area contributed by atoms with Crippen LogP contribution < -0.4 is 11.5 Å². The highest BCUT2D eigenvalue weighted by atomic mass is 16.4. The highest BCUT2D eigenvalue weighted by molar-refractivity contribution is 5.68. The van der Waals surface area contributed by atoms with E-state index in [9.17, 15) is 9.59 Å². The van der Waals surface area contributed by atoms with Crippen molar-refractivity contribution >= 4 is 11.9 Å². The highest BCUT2D eigenvalue weighted by Gasteiger charge is 2.32. The van der Waals surface area contributed by atoms with Crippen molar-refractivity contribution in [2.24, 2.45) is 16.9 Å². The van der Waals surface area contributed by atoms with Crippen LogP contribution in [-0.4, -0.2) is 35.2 Å². The fourth-order valence-electron chi connectivity index (χ4n) is 2.08. The average molecular weight is 246 g/mol. The van der Waals surface area contributed by atoms with Gasteiger partial charge < -0.3 is 21.7 Å². The van der Waals surface area contributed by atoms with Gasteiger partial charge in [-0.2, -0.15) is 0 Å². The van der Waals surface area contributed by atoms with Gasteiger partial charge in [0.1, 0.15) is 0 Å². The number of aliphatic carboxylic acids is 2. The molecule has 0 amide bonds. The summed E-state index contributed by atoms with van der Waals surface area (Å²) in [6.45, 7) is 0.249. The van der Waals surface area contributed by atoms with E-state index in [-0.39, 0.29) is 18.4 Å². The van der Waals surface area contributed by atoms with Crippen LogP contribution in [0.25, 0.3) is 0 Å². The first-order valence-corrected chi connectivity index (χ1v) is 5.79. The maximum atomic E-state index is 10.6. The predicted octanol–water partition coefficient (Wildman–Crippen LogP) is 0.400. The summed E-state index contributed by atoms with van der Waals surface area (Å²) in [5.41, 5.74) is 10.1. The molecule has 6 heteroatoms. The standard InChI is InChI=1S/C9H17NO2.C2H5NO2/c10-7-9(6-8(11)12)4-2-1-3-5-9;3-1-2(4)5/h1-7,10H2,(H,11,12);1,3H2,(H,4,5). The molecule has 100 valence electrons. The van der Waals surface area contributed by atoms with Gasteiger partial charge in [-0.1, -0.05) is 19.3 Å². The van der Waals surface area contributed by atoms with Crippen molar-refractivity contribution in [2.45, 2.75) is 38.5 Å². The summed E-state index contributed by atoms with van der Waals surface area (Å²) >= 11 is 0. The van der Waals surface area contributed by atoms with Gasteiger partial charge in [-0.3, -0.25) is 9.59 Å². The fourth-order valence-corrected chi connectivity index (χ4v) is 2.08. The second kappa shape index (κ2) is 8.03. The Kier molecular flexibility index (Phi) is 7.49. The molecule has 0 radical (unpaired) electrons. The first-order chi connectivity index (χ1) is 7.95. The van der Waals surface area contributed by atoms with Crippen LogP contribution in [0.3, 0.4) is 0 Å². The number of carbonyl (C=O) groups is 2. The van der Waals surface area contributed by atoms with Crippen molar-refractivity contribution in [1.29, 1.82) is 0 Å². The zero-order valence-electron chi connectivity index (χ0n) is 10.0. The Balaban J connectivity index is 0.000000437. The normalized spacial score (nSPS) is 17.8. The summed E-state index contributed by atoms with van der Waals surface area (Å²) < 4.78 is 0. The van der Waals surface area contributed by atoms with Crippen molar-refractivity contribution in [3.05, 3.63) is 0 Å². The van der Waals surface area contributed by atoms with Crippen molar-refractivity contribution in [2.75, 3.05) is 13.1 Å². The van der Waals surface area contributed by atoms with Crippen molar-refractivity contribution < 1.29 is 19.8 Å². The van der Waals surface area contributed by atoms with Gasteiger partial charge in [-0.15, -0.1) is 0 Å². The van der Waals surface area contributed by atoms with Gasteiger partial charge >= 0.3 is 11.9 Å². The van der Waals surface area contributed by atoms with Crippen LogP contribution in [-0.2, 0) is 9.59 Å². The highest BCUT2D eigenvalue weighted by Crippen LogP contribution is 2.38. The van der Waals surface area contributed by atoms with Crippen molar-refractivity contribution in [1.82, 2.24) is 0 Å². The van der Waals surface area contributed by atoms with Gasteiger partial charge in [-0.05, 0) is 24.8 Å². The molecule has 0 unspecified atom stereocenters. The molecule has 1 aliphatic rings. The lowest BCUT2D eigenvalue weighted by atomic mass is 9.72. The number of nitrogens with two attached hydrogens (primary N) is 2. The lowest BCUT2D eigenvalue weighted by molar-refractivity contribution is -0.140. The van der Waals surface area contributed by atoms with Gasteiger partial charge in [0.05, 0.1) is 13.0 Å². The molecule has 0 aromatic heterocycles. The molecule has 17 heavy (non-hydrogen) atoms. The Labute approximate surface area is 101 Å². The molecule has 0 spiro atoms. The summed E-state index contributed by atoms with van der Waals surface area (Å²) in [6, 6.07) is 0. The third-order valence-electron chi connectivity index (χ3n) is 3.05. The van der Waals surface area contributed by atoms with Crippen molar-refractivity contribution in [3.63, 3.8) is 0 Å². The Morgan fingerprint density at radius 3 is 1.76 bits per heavy atom. The van der Waals surface area contributed by atoms with E-state index in [1.54, 1.807) is 0 Å². The van der Waals surface area contributed by atoms with Gasteiger partial charge in [-0.25, -0.2) is 0 Å². The largest absolute Gasteiger partial charge is 0.481 e. The van der Waals surface area contributed by atoms with Crippen molar-refractivity contribution in [3.8, 4) is 0 Å². The second-order valence-electron chi connectivity index (χ2n) is 4.43. The average Bonchev–Trinajstić information content (AvgIpc) is 2.30. The van der Waals surface area contributed by atoms with Crippen LogP contribution in [0.5, 0.6) is 0 Å². The minimum absolute atomic E-state index is 0.0793. The molecule has 0 heterocycles. The predicted molar refractivity (Wildman–Crippen MR) is 63.5 cm³/mol. The maximum absolute atomic E-state index is 10.6. The molecule has 6 nitrogen and oxygen atoms in total. The molecule has 6 N–H and O–H groups in total. The molecular weight excluding hydrogens is 224 g/mol. The zero-order valence-corrected chi connectivity index (χ0v) is 10.0. The quantitative estimate of drug-likeness (QED) is 0.568. The Hall–Kier alpha value is -1.14. The van der Waals surface area contributed by atoms with E-state index in [2.05, 4.69) is 5.73 Å². The summed E-state index contributed by atoms with van der Waals surface area (Å²) in [5.74, 6) is -1.67. The summed E-state index contributed by atoms with van der Waals surface area (Å²) in [4.78, 5) is 19.8.